The molecule has 0 saturated heterocycles. The van der Waals surface area contributed by atoms with Gasteiger partial charge in [0.25, 0.3) is 0 Å². The maximum Gasteiger partial charge on any atom is 0.339 e. The molecule has 0 radical (unpaired) electrons. The lowest BCUT2D eigenvalue weighted by atomic mass is 10.2. The summed E-state index contributed by atoms with van der Waals surface area (Å²) in [5, 5.41) is 11.7. The zero-order valence-electron chi connectivity index (χ0n) is 9.64. The highest BCUT2D eigenvalue weighted by atomic mass is 32.2. The Morgan fingerprint density at radius 2 is 2.24 bits per heavy atom. The second-order valence-electron chi connectivity index (χ2n) is 3.61. The molecule has 1 aromatic heterocycles. The van der Waals surface area contributed by atoms with Gasteiger partial charge in [0.15, 0.2) is 0 Å². The molecule has 1 amide bonds. The van der Waals surface area contributed by atoms with Gasteiger partial charge in [0.05, 0.1) is 5.75 Å². The van der Waals surface area contributed by atoms with E-state index in [4.69, 9.17) is 5.11 Å². The van der Waals surface area contributed by atoms with Crippen LogP contribution in [0.15, 0.2) is 18.3 Å². The number of carboxylic acid groups (broad SMARTS) is 1. The number of aromatic carboxylic acids is 1. The largest absolute Gasteiger partial charge is 0.478 e. The molecule has 1 aromatic rings. The summed E-state index contributed by atoms with van der Waals surface area (Å²) in [5.41, 5.74) is -0.00426. The number of nitrogens with one attached hydrogen (secondary N) is 1. The third-order valence-corrected chi connectivity index (χ3v) is 2.94. The Bertz CT molecular complexity index is 421. The van der Waals surface area contributed by atoms with E-state index in [9.17, 15) is 9.59 Å². The van der Waals surface area contributed by atoms with Gasteiger partial charge in [-0.05, 0) is 17.4 Å². The summed E-state index contributed by atoms with van der Waals surface area (Å²) in [4.78, 5) is 26.2. The number of hydrogen-bond acceptors (Lipinski definition) is 4. The van der Waals surface area contributed by atoms with Gasteiger partial charge in [-0.3, -0.25) is 4.79 Å². The Morgan fingerprint density at radius 1 is 1.53 bits per heavy atom. The third-order valence-electron chi connectivity index (χ3n) is 1.84. The lowest BCUT2D eigenvalue weighted by molar-refractivity contribution is -0.113. The topological polar surface area (TPSA) is 79.3 Å². The van der Waals surface area contributed by atoms with Gasteiger partial charge in [0.2, 0.25) is 5.91 Å². The Hall–Kier alpha value is -1.56. The van der Waals surface area contributed by atoms with Crippen LogP contribution in [-0.2, 0) is 4.79 Å². The van der Waals surface area contributed by atoms with Gasteiger partial charge in [-0.15, -0.1) is 11.8 Å². The molecule has 0 spiro atoms. The minimum absolute atomic E-state index is 0.00426. The van der Waals surface area contributed by atoms with Crippen LogP contribution in [0.3, 0.4) is 0 Å². The third kappa shape index (κ3) is 4.44. The van der Waals surface area contributed by atoms with Crippen molar-refractivity contribution >= 4 is 29.5 Å². The molecule has 0 atom stereocenters. The fourth-order valence-corrected chi connectivity index (χ4v) is 1.64. The molecular formula is C11H14N2O3S. The fraction of sp³-hybridized carbons (Fsp3) is 0.364. The zero-order chi connectivity index (χ0) is 12.8. The summed E-state index contributed by atoms with van der Waals surface area (Å²) in [6.45, 7) is 3.97. The van der Waals surface area contributed by atoms with Crippen molar-refractivity contribution in [2.24, 2.45) is 0 Å². The Morgan fingerprint density at radius 3 is 2.82 bits per heavy atom. The molecule has 0 aliphatic rings. The van der Waals surface area contributed by atoms with E-state index in [0.717, 1.165) is 0 Å². The number of hydrogen-bond donors (Lipinski definition) is 2. The lowest BCUT2D eigenvalue weighted by Crippen LogP contribution is -2.18. The van der Waals surface area contributed by atoms with Gasteiger partial charge >= 0.3 is 5.97 Å². The average Bonchev–Trinajstić information content (AvgIpc) is 2.27. The van der Waals surface area contributed by atoms with Crippen molar-refractivity contribution in [3.63, 3.8) is 0 Å². The van der Waals surface area contributed by atoms with Crippen molar-refractivity contribution in [3.05, 3.63) is 23.9 Å². The number of nitrogens with zero attached hydrogens (tertiary/aromatic N) is 1. The van der Waals surface area contributed by atoms with Crippen molar-refractivity contribution in [2.75, 3.05) is 11.1 Å². The average molecular weight is 254 g/mol. The standard InChI is InChI=1S/C11H14N2O3S/c1-7(2)17-6-9(14)13-10-8(11(15)16)4-3-5-12-10/h3-5,7H,6H2,1-2H3,(H,15,16)(H,12,13,14). The van der Waals surface area contributed by atoms with Gasteiger partial charge in [0, 0.05) is 6.20 Å². The molecule has 1 heterocycles. The molecule has 0 aliphatic heterocycles. The van der Waals surface area contributed by atoms with Crippen molar-refractivity contribution < 1.29 is 14.7 Å². The van der Waals surface area contributed by atoms with Gasteiger partial charge in [-0.1, -0.05) is 13.8 Å². The van der Waals surface area contributed by atoms with Crippen molar-refractivity contribution in [2.45, 2.75) is 19.1 Å². The number of carboxylic acids is 1. The van der Waals surface area contributed by atoms with Crippen LogP contribution in [0, 0.1) is 0 Å². The monoisotopic (exact) mass is 254 g/mol. The van der Waals surface area contributed by atoms with Gasteiger partial charge in [-0.2, -0.15) is 0 Å². The minimum atomic E-state index is -1.11. The molecule has 6 heteroatoms. The van der Waals surface area contributed by atoms with Crippen LogP contribution >= 0.6 is 11.8 Å². The molecule has 92 valence electrons. The Labute approximate surface area is 104 Å². The quantitative estimate of drug-likeness (QED) is 0.838. The van der Waals surface area contributed by atoms with Crippen LogP contribution in [0.2, 0.25) is 0 Å². The summed E-state index contributed by atoms with van der Waals surface area (Å²) in [6, 6.07) is 2.92. The predicted octanol–water partition coefficient (Wildman–Crippen LogP) is 1.86. The molecule has 0 saturated carbocycles. The highest BCUT2D eigenvalue weighted by molar-refractivity contribution is 8.00. The SMILES string of the molecule is CC(C)SCC(=O)Nc1ncccc1C(=O)O. The fourth-order valence-electron chi connectivity index (χ4n) is 1.09. The molecule has 5 nitrogen and oxygen atoms in total. The number of aromatic nitrogens is 1. The number of carbonyl (C=O) groups excluding carboxylic acids is 1. The van der Waals surface area contributed by atoms with E-state index in [1.54, 1.807) is 0 Å². The summed E-state index contributed by atoms with van der Waals surface area (Å²) >= 11 is 1.49. The van der Waals surface area contributed by atoms with Crippen LogP contribution in [0.4, 0.5) is 5.82 Å². The molecule has 0 aromatic carbocycles. The maximum absolute atomic E-state index is 11.5. The summed E-state index contributed by atoms with van der Waals surface area (Å²) in [7, 11) is 0. The lowest BCUT2D eigenvalue weighted by Gasteiger charge is -2.07. The molecule has 0 fully saturated rings. The van der Waals surface area contributed by atoms with E-state index in [1.165, 1.54) is 30.1 Å². The van der Waals surface area contributed by atoms with Crippen LogP contribution in [0.1, 0.15) is 24.2 Å². The van der Waals surface area contributed by atoms with E-state index in [0.29, 0.717) is 5.25 Å². The Balaban J connectivity index is 2.68. The number of anilines is 1. The van der Waals surface area contributed by atoms with E-state index in [1.807, 2.05) is 13.8 Å². The van der Waals surface area contributed by atoms with Crippen LogP contribution in [-0.4, -0.2) is 33.0 Å². The molecule has 2 N–H and O–H groups in total. The van der Waals surface area contributed by atoms with Gasteiger partial charge in [0.1, 0.15) is 11.4 Å². The first-order valence-corrected chi connectivity index (χ1v) is 6.15. The summed E-state index contributed by atoms with van der Waals surface area (Å²) in [6.07, 6.45) is 1.44. The second-order valence-corrected chi connectivity index (χ2v) is 5.18. The molecular weight excluding hydrogens is 240 g/mol. The van der Waals surface area contributed by atoms with E-state index < -0.39 is 5.97 Å². The smallest absolute Gasteiger partial charge is 0.339 e. The van der Waals surface area contributed by atoms with E-state index >= 15 is 0 Å². The highest BCUT2D eigenvalue weighted by Gasteiger charge is 2.13. The molecule has 1 rings (SSSR count). The molecule has 0 bridgehead atoms. The summed E-state index contributed by atoms with van der Waals surface area (Å²) in [5.74, 6) is -0.975. The van der Waals surface area contributed by atoms with Crippen LogP contribution in [0.5, 0.6) is 0 Å². The van der Waals surface area contributed by atoms with Gasteiger partial charge in [-0.25, -0.2) is 9.78 Å². The van der Waals surface area contributed by atoms with Crippen LogP contribution in [0.25, 0.3) is 0 Å². The zero-order valence-corrected chi connectivity index (χ0v) is 10.5. The normalized spacial score (nSPS) is 10.3. The van der Waals surface area contributed by atoms with Crippen molar-refractivity contribution in [1.29, 1.82) is 0 Å². The summed E-state index contributed by atoms with van der Waals surface area (Å²) < 4.78 is 0. The van der Waals surface area contributed by atoms with E-state index in [-0.39, 0.29) is 23.0 Å². The highest BCUT2D eigenvalue weighted by Crippen LogP contribution is 2.13. The Kier molecular flexibility index (Phi) is 4.96. The maximum atomic E-state index is 11.5. The van der Waals surface area contributed by atoms with Crippen molar-refractivity contribution in [3.8, 4) is 0 Å². The number of thioether (sulfide) groups is 1. The number of pyridine rings is 1. The van der Waals surface area contributed by atoms with Crippen LogP contribution < -0.4 is 5.32 Å². The van der Waals surface area contributed by atoms with E-state index in [2.05, 4.69) is 10.3 Å². The first-order valence-electron chi connectivity index (χ1n) is 5.10. The first kappa shape index (κ1) is 13.5. The molecule has 17 heavy (non-hydrogen) atoms. The second kappa shape index (κ2) is 6.24. The molecule has 0 aliphatic carbocycles. The minimum Gasteiger partial charge on any atom is -0.478 e. The first-order chi connectivity index (χ1) is 8.00. The molecule has 0 unspecified atom stereocenters. The number of amides is 1. The number of rotatable bonds is 5. The van der Waals surface area contributed by atoms with Crippen molar-refractivity contribution in [1.82, 2.24) is 4.98 Å². The number of carbonyl (C=O) groups is 2. The predicted molar refractivity (Wildman–Crippen MR) is 67.4 cm³/mol. The van der Waals surface area contributed by atoms with Gasteiger partial charge < -0.3 is 10.4 Å².